The molecule has 1 rings (SSSR count). The average Bonchev–Trinajstić information content (AvgIpc) is 2.53. The molecule has 0 fully saturated rings. The van der Waals surface area contributed by atoms with Crippen LogP contribution in [0.2, 0.25) is 0 Å². The van der Waals surface area contributed by atoms with Crippen LogP contribution in [0.1, 0.15) is 43.6 Å². The maximum atomic E-state index is 12.1. The van der Waals surface area contributed by atoms with Crippen molar-refractivity contribution in [2.24, 2.45) is 0 Å². The minimum atomic E-state index is -1.18. The van der Waals surface area contributed by atoms with Gasteiger partial charge in [-0.3, -0.25) is 14.9 Å². The minimum absolute atomic E-state index is 0.141. The van der Waals surface area contributed by atoms with Crippen molar-refractivity contribution < 1.29 is 23.9 Å². The van der Waals surface area contributed by atoms with Crippen LogP contribution in [0.15, 0.2) is 24.3 Å². The van der Waals surface area contributed by atoms with Crippen LogP contribution < -0.4 is 16.0 Å². The van der Waals surface area contributed by atoms with Gasteiger partial charge in [-0.2, -0.15) is 0 Å². The molecular weight excluding hydrogens is 338 g/mol. The average molecular weight is 363 g/mol. The number of carbonyl (C=O) groups excluding carboxylic acids is 4. The van der Waals surface area contributed by atoms with Gasteiger partial charge in [-0.15, -0.1) is 0 Å². The summed E-state index contributed by atoms with van der Waals surface area (Å²) in [4.78, 5) is 47.5. The first-order valence-corrected chi connectivity index (χ1v) is 8.29. The van der Waals surface area contributed by atoms with Crippen molar-refractivity contribution in [2.45, 2.75) is 52.8 Å². The molecule has 0 aliphatic rings. The number of amides is 4. The predicted octanol–water partition coefficient (Wildman–Crippen LogP) is 1.28. The Hall–Kier alpha value is -2.90. The smallest absolute Gasteiger partial charge is 0.329 e. The molecule has 0 saturated carbocycles. The lowest BCUT2D eigenvalue weighted by atomic mass is 10.1. The molecule has 8 nitrogen and oxygen atoms in total. The summed E-state index contributed by atoms with van der Waals surface area (Å²) < 4.78 is 4.99. The quantitative estimate of drug-likeness (QED) is 0.659. The topological polar surface area (TPSA) is 114 Å². The Labute approximate surface area is 152 Å². The van der Waals surface area contributed by atoms with Gasteiger partial charge in [0.15, 0.2) is 6.10 Å². The maximum Gasteiger partial charge on any atom is 0.329 e. The molecule has 1 aromatic rings. The van der Waals surface area contributed by atoms with E-state index in [1.807, 2.05) is 13.0 Å². The Morgan fingerprint density at radius 1 is 1.00 bits per heavy atom. The lowest BCUT2D eigenvalue weighted by Gasteiger charge is -2.18. The van der Waals surface area contributed by atoms with Gasteiger partial charge >= 0.3 is 12.0 Å². The van der Waals surface area contributed by atoms with E-state index in [1.165, 1.54) is 13.8 Å². The van der Waals surface area contributed by atoms with Crippen molar-refractivity contribution in [1.29, 1.82) is 0 Å². The molecule has 1 aromatic carbocycles. The molecule has 0 radical (unpaired) electrons. The van der Waals surface area contributed by atoms with Crippen LogP contribution >= 0.6 is 0 Å². The molecule has 2 atom stereocenters. The first-order chi connectivity index (χ1) is 12.1. The molecule has 0 aromatic heterocycles. The molecule has 0 saturated heterocycles. The zero-order chi connectivity index (χ0) is 19.9. The molecule has 4 amide bonds. The van der Waals surface area contributed by atoms with Crippen LogP contribution in [0.25, 0.3) is 0 Å². The highest BCUT2D eigenvalue weighted by Gasteiger charge is 2.24. The van der Waals surface area contributed by atoms with Crippen molar-refractivity contribution in [3.8, 4) is 0 Å². The molecule has 26 heavy (non-hydrogen) atoms. The number of imide groups is 1. The largest absolute Gasteiger partial charge is 0.451 e. The second-order valence-electron chi connectivity index (χ2n) is 6.26. The normalized spacial score (nSPS) is 12.7. The highest BCUT2D eigenvalue weighted by atomic mass is 16.5. The zero-order valence-corrected chi connectivity index (χ0v) is 15.6. The van der Waals surface area contributed by atoms with E-state index in [-0.39, 0.29) is 6.04 Å². The third kappa shape index (κ3) is 6.92. The van der Waals surface area contributed by atoms with E-state index in [4.69, 9.17) is 4.74 Å². The van der Waals surface area contributed by atoms with Crippen LogP contribution in [0.3, 0.4) is 0 Å². The van der Waals surface area contributed by atoms with Gasteiger partial charge < -0.3 is 15.4 Å². The number of urea groups is 1. The van der Waals surface area contributed by atoms with Gasteiger partial charge in [0.25, 0.3) is 11.8 Å². The van der Waals surface area contributed by atoms with Gasteiger partial charge in [0.05, 0.1) is 0 Å². The highest BCUT2D eigenvalue weighted by molar-refractivity contribution is 5.98. The van der Waals surface area contributed by atoms with Crippen LogP contribution in [-0.2, 0) is 14.3 Å². The number of hydrogen-bond acceptors (Lipinski definition) is 5. The van der Waals surface area contributed by atoms with Crippen molar-refractivity contribution in [2.75, 3.05) is 0 Å². The van der Waals surface area contributed by atoms with E-state index in [2.05, 4.69) is 16.0 Å². The molecular formula is C18H25N3O5. The summed E-state index contributed by atoms with van der Waals surface area (Å²) in [6.45, 7) is 8.12. The van der Waals surface area contributed by atoms with Gasteiger partial charge in [-0.05, 0) is 46.8 Å². The molecule has 0 spiro atoms. The van der Waals surface area contributed by atoms with Gasteiger partial charge in [0.2, 0.25) is 0 Å². The van der Waals surface area contributed by atoms with E-state index in [9.17, 15) is 19.2 Å². The summed E-state index contributed by atoms with van der Waals surface area (Å²) in [6, 6.07) is 5.14. The molecule has 3 N–H and O–H groups in total. The summed E-state index contributed by atoms with van der Waals surface area (Å²) >= 11 is 0. The predicted molar refractivity (Wildman–Crippen MR) is 95.5 cm³/mol. The lowest BCUT2D eigenvalue weighted by molar-refractivity contribution is -0.155. The standard InChI is InChI=1S/C18H25N3O5/c1-10(2)19-18(25)21-15(22)13(5)26-17(24)12(4)20-16(23)14-8-6-7-11(3)9-14/h6-10,12-13H,1-5H3,(H,20,23)(H2,19,21,22,25)/t12-,13-/m0/s1. The SMILES string of the molecule is Cc1cccc(C(=O)N[C@@H](C)C(=O)O[C@@H](C)C(=O)NC(=O)NC(C)C)c1. The van der Waals surface area contributed by atoms with Gasteiger partial charge in [-0.25, -0.2) is 9.59 Å². The fourth-order valence-corrected chi connectivity index (χ4v) is 1.97. The number of carbonyl (C=O) groups is 4. The summed E-state index contributed by atoms with van der Waals surface area (Å²) in [5.41, 5.74) is 1.33. The summed E-state index contributed by atoms with van der Waals surface area (Å²) in [6.07, 6.45) is -1.18. The molecule has 0 unspecified atom stereocenters. The van der Waals surface area contributed by atoms with Crippen molar-refractivity contribution in [3.05, 3.63) is 35.4 Å². The van der Waals surface area contributed by atoms with Crippen LogP contribution in [0.4, 0.5) is 4.79 Å². The lowest BCUT2D eigenvalue weighted by Crippen LogP contribution is -2.48. The van der Waals surface area contributed by atoms with Crippen molar-refractivity contribution in [1.82, 2.24) is 16.0 Å². The van der Waals surface area contributed by atoms with Gasteiger partial charge in [-0.1, -0.05) is 17.7 Å². The molecule has 0 bridgehead atoms. The van der Waals surface area contributed by atoms with Crippen LogP contribution in [0, 0.1) is 6.92 Å². The number of hydrogen-bond donors (Lipinski definition) is 3. The molecule has 0 aliphatic heterocycles. The Morgan fingerprint density at radius 3 is 2.23 bits per heavy atom. The van der Waals surface area contributed by atoms with E-state index in [0.29, 0.717) is 5.56 Å². The fraction of sp³-hybridized carbons (Fsp3) is 0.444. The first kappa shape index (κ1) is 21.1. The number of benzene rings is 1. The second-order valence-corrected chi connectivity index (χ2v) is 6.26. The monoisotopic (exact) mass is 363 g/mol. The number of nitrogens with one attached hydrogen (secondary N) is 3. The Kier molecular flexibility index (Phi) is 7.77. The Balaban J connectivity index is 2.53. The minimum Gasteiger partial charge on any atom is -0.451 e. The molecule has 0 aliphatic carbocycles. The fourth-order valence-electron chi connectivity index (χ4n) is 1.97. The number of aryl methyl sites for hydroxylation is 1. The van der Waals surface area contributed by atoms with Crippen LogP contribution in [-0.4, -0.2) is 42.0 Å². The Bertz CT molecular complexity index is 687. The highest BCUT2D eigenvalue weighted by Crippen LogP contribution is 2.05. The Morgan fingerprint density at radius 2 is 1.65 bits per heavy atom. The third-order valence-electron chi connectivity index (χ3n) is 3.30. The second kappa shape index (κ2) is 9.55. The molecule has 0 heterocycles. The number of esters is 1. The van der Waals surface area contributed by atoms with E-state index >= 15 is 0 Å². The van der Waals surface area contributed by atoms with E-state index in [0.717, 1.165) is 5.56 Å². The summed E-state index contributed by atoms with van der Waals surface area (Å²) in [5.74, 6) is -1.96. The first-order valence-electron chi connectivity index (χ1n) is 8.29. The third-order valence-corrected chi connectivity index (χ3v) is 3.30. The van der Waals surface area contributed by atoms with Crippen molar-refractivity contribution >= 4 is 23.8 Å². The van der Waals surface area contributed by atoms with E-state index in [1.54, 1.807) is 32.0 Å². The van der Waals surface area contributed by atoms with Crippen molar-refractivity contribution in [3.63, 3.8) is 0 Å². The zero-order valence-electron chi connectivity index (χ0n) is 15.6. The van der Waals surface area contributed by atoms with Crippen LogP contribution in [0.5, 0.6) is 0 Å². The molecule has 8 heteroatoms. The molecule has 142 valence electrons. The summed E-state index contributed by atoms with van der Waals surface area (Å²) in [5, 5.41) is 7.07. The van der Waals surface area contributed by atoms with E-state index < -0.39 is 36.0 Å². The van der Waals surface area contributed by atoms with Gasteiger partial charge in [0, 0.05) is 11.6 Å². The van der Waals surface area contributed by atoms with Gasteiger partial charge in [0.1, 0.15) is 6.04 Å². The summed E-state index contributed by atoms with van der Waals surface area (Å²) in [7, 11) is 0. The number of rotatable bonds is 6. The number of ether oxygens (including phenoxy) is 1. The maximum absolute atomic E-state index is 12.1.